The third-order valence-corrected chi connectivity index (χ3v) is 1.75. The van der Waals surface area contributed by atoms with Crippen LogP contribution in [0.1, 0.15) is 40.0 Å². The van der Waals surface area contributed by atoms with Crippen LogP contribution < -0.4 is 0 Å². The van der Waals surface area contributed by atoms with Crippen molar-refractivity contribution in [3.8, 4) is 0 Å². The summed E-state index contributed by atoms with van der Waals surface area (Å²) in [5.74, 6) is 0. The predicted molar refractivity (Wildman–Crippen MR) is 54.0 cm³/mol. The molecule has 1 unspecified atom stereocenters. The summed E-state index contributed by atoms with van der Waals surface area (Å²) in [6.45, 7) is 9.90. The van der Waals surface area contributed by atoms with E-state index >= 15 is 0 Å². The minimum Gasteiger partial charge on any atom is -0.495 e. The fraction of sp³-hybridized carbons (Fsp3) is 0.636. The number of unbranched alkanes of at least 4 members (excludes halogenated alkanes) is 1. The number of allylic oxidation sites excluding steroid dienone is 1. The van der Waals surface area contributed by atoms with Gasteiger partial charge in [0.25, 0.3) is 0 Å². The van der Waals surface area contributed by atoms with Crippen LogP contribution in [0.3, 0.4) is 0 Å². The van der Waals surface area contributed by atoms with Crippen LogP contribution in [0.25, 0.3) is 0 Å². The van der Waals surface area contributed by atoms with Gasteiger partial charge < -0.3 is 4.74 Å². The van der Waals surface area contributed by atoms with Gasteiger partial charge in [0.05, 0.1) is 6.26 Å². The molecule has 0 radical (unpaired) electrons. The summed E-state index contributed by atoms with van der Waals surface area (Å²) in [7, 11) is 0. The summed E-state index contributed by atoms with van der Waals surface area (Å²) in [6.07, 6.45) is 7.51. The second-order valence-corrected chi connectivity index (χ2v) is 3.12. The highest BCUT2D eigenvalue weighted by molar-refractivity contribution is 5.01. The Morgan fingerprint density at radius 3 is 2.75 bits per heavy atom. The molecule has 0 amide bonds. The van der Waals surface area contributed by atoms with E-state index in [9.17, 15) is 0 Å². The van der Waals surface area contributed by atoms with E-state index in [1.54, 1.807) is 0 Å². The van der Waals surface area contributed by atoms with Crippen molar-refractivity contribution in [3.05, 3.63) is 24.5 Å². The van der Waals surface area contributed by atoms with Crippen molar-refractivity contribution in [2.24, 2.45) is 0 Å². The topological polar surface area (TPSA) is 9.23 Å². The van der Waals surface area contributed by atoms with Gasteiger partial charge in [-0.3, -0.25) is 0 Å². The van der Waals surface area contributed by atoms with Crippen LogP contribution in [0.5, 0.6) is 0 Å². The maximum absolute atomic E-state index is 5.18. The number of hydrogen-bond acceptors (Lipinski definition) is 1. The Morgan fingerprint density at radius 1 is 1.58 bits per heavy atom. The monoisotopic (exact) mass is 168 g/mol. The van der Waals surface area contributed by atoms with Gasteiger partial charge >= 0.3 is 0 Å². The molecule has 0 N–H and O–H groups in total. The van der Waals surface area contributed by atoms with Gasteiger partial charge in [0, 0.05) is 0 Å². The number of rotatable bonds is 6. The zero-order chi connectivity index (χ0) is 9.40. The standard InChI is InChI=1S/C11H20O/c1-5-7-8-10(3)9-11(4)12-6-2/h6,9,11H,2,5,7-8H2,1,3-4H3/b10-9+. The molecule has 0 aliphatic carbocycles. The predicted octanol–water partition coefficient (Wildman–Crippen LogP) is 3.67. The fourth-order valence-electron chi connectivity index (χ4n) is 1.13. The van der Waals surface area contributed by atoms with E-state index < -0.39 is 0 Å². The molecule has 12 heavy (non-hydrogen) atoms. The van der Waals surface area contributed by atoms with Crippen LogP contribution in [-0.2, 0) is 4.74 Å². The van der Waals surface area contributed by atoms with E-state index in [1.807, 2.05) is 6.92 Å². The van der Waals surface area contributed by atoms with E-state index in [-0.39, 0.29) is 6.10 Å². The molecule has 0 rings (SSSR count). The Labute approximate surface area is 76.1 Å². The van der Waals surface area contributed by atoms with E-state index in [0.717, 1.165) is 0 Å². The Hall–Kier alpha value is -0.720. The average Bonchev–Trinajstić information content (AvgIpc) is 2.01. The Bertz CT molecular complexity index is 147. The quantitative estimate of drug-likeness (QED) is 0.434. The minimum absolute atomic E-state index is 0.166. The van der Waals surface area contributed by atoms with Crippen molar-refractivity contribution >= 4 is 0 Å². The van der Waals surface area contributed by atoms with Crippen molar-refractivity contribution in [1.29, 1.82) is 0 Å². The van der Waals surface area contributed by atoms with Crippen molar-refractivity contribution in [1.82, 2.24) is 0 Å². The molecule has 0 aliphatic heterocycles. The minimum atomic E-state index is 0.166. The molecule has 1 heteroatoms. The van der Waals surface area contributed by atoms with Crippen molar-refractivity contribution in [2.75, 3.05) is 0 Å². The molecule has 0 heterocycles. The van der Waals surface area contributed by atoms with Gasteiger partial charge in [-0.25, -0.2) is 0 Å². The average molecular weight is 168 g/mol. The summed E-state index contributed by atoms with van der Waals surface area (Å²) in [5, 5.41) is 0. The summed E-state index contributed by atoms with van der Waals surface area (Å²) in [6, 6.07) is 0. The Morgan fingerprint density at radius 2 is 2.25 bits per heavy atom. The molecule has 1 nitrogen and oxygen atoms in total. The molecule has 0 aromatic carbocycles. The zero-order valence-corrected chi connectivity index (χ0v) is 8.47. The molecule has 0 aromatic rings. The van der Waals surface area contributed by atoms with Crippen molar-refractivity contribution in [3.63, 3.8) is 0 Å². The second kappa shape index (κ2) is 6.96. The molecule has 0 aliphatic rings. The number of ether oxygens (including phenoxy) is 1. The molecule has 0 aromatic heterocycles. The molecular formula is C11H20O. The summed E-state index contributed by atoms with van der Waals surface area (Å²) >= 11 is 0. The first-order valence-electron chi connectivity index (χ1n) is 4.64. The molecule has 0 fully saturated rings. The third kappa shape index (κ3) is 6.02. The summed E-state index contributed by atoms with van der Waals surface area (Å²) < 4.78 is 5.18. The summed E-state index contributed by atoms with van der Waals surface area (Å²) in [4.78, 5) is 0. The van der Waals surface area contributed by atoms with Crippen molar-refractivity contribution < 1.29 is 4.74 Å². The Balaban J connectivity index is 3.71. The maximum Gasteiger partial charge on any atom is 0.113 e. The van der Waals surface area contributed by atoms with Crippen LogP contribution in [0.15, 0.2) is 24.5 Å². The van der Waals surface area contributed by atoms with Gasteiger partial charge in [-0.1, -0.05) is 25.5 Å². The second-order valence-electron chi connectivity index (χ2n) is 3.12. The first kappa shape index (κ1) is 11.3. The van der Waals surface area contributed by atoms with Gasteiger partial charge in [-0.15, -0.1) is 0 Å². The van der Waals surface area contributed by atoms with Crippen LogP contribution >= 0.6 is 0 Å². The van der Waals surface area contributed by atoms with Crippen LogP contribution in [0.2, 0.25) is 0 Å². The maximum atomic E-state index is 5.18. The Kier molecular flexibility index (Phi) is 6.54. The lowest BCUT2D eigenvalue weighted by atomic mass is 10.1. The molecular weight excluding hydrogens is 148 g/mol. The first-order valence-corrected chi connectivity index (χ1v) is 4.64. The van der Waals surface area contributed by atoms with E-state index in [2.05, 4.69) is 26.5 Å². The lowest BCUT2D eigenvalue weighted by Crippen LogP contribution is -1.99. The molecule has 0 saturated heterocycles. The molecule has 0 spiro atoms. The lowest BCUT2D eigenvalue weighted by Gasteiger charge is -2.07. The lowest BCUT2D eigenvalue weighted by molar-refractivity contribution is 0.204. The van der Waals surface area contributed by atoms with E-state index in [0.29, 0.717) is 0 Å². The normalized spacial score (nSPS) is 14.1. The zero-order valence-electron chi connectivity index (χ0n) is 8.47. The van der Waals surface area contributed by atoms with Gasteiger partial charge in [0.2, 0.25) is 0 Å². The fourth-order valence-corrected chi connectivity index (χ4v) is 1.13. The van der Waals surface area contributed by atoms with Gasteiger partial charge in [0.1, 0.15) is 6.10 Å². The van der Waals surface area contributed by atoms with E-state index in [1.165, 1.54) is 31.1 Å². The highest BCUT2D eigenvalue weighted by atomic mass is 16.5. The van der Waals surface area contributed by atoms with Crippen LogP contribution in [0, 0.1) is 0 Å². The first-order chi connectivity index (χ1) is 5.70. The van der Waals surface area contributed by atoms with Gasteiger partial charge in [-0.05, 0) is 32.8 Å². The van der Waals surface area contributed by atoms with Gasteiger partial charge in [0.15, 0.2) is 0 Å². The third-order valence-electron chi connectivity index (χ3n) is 1.75. The van der Waals surface area contributed by atoms with Gasteiger partial charge in [-0.2, -0.15) is 0 Å². The SMILES string of the molecule is C=COC(C)/C=C(\C)CCCC. The molecule has 0 bridgehead atoms. The largest absolute Gasteiger partial charge is 0.495 e. The molecule has 0 saturated carbocycles. The van der Waals surface area contributed by atoms with Crippen molar-refractivity contribution in [2.45, 2.75) is 46.1 Å². The smallest absolute Gasteiger partial charge is 0.113 e. The highest BCUT2D eigenvalue weighted by Crippen LogP contribution is 2.08. The number of hydrogen-bond donors (Lipinski definition) is 0. The molecule has 70 valence electrons. The summed E-state index contributed by atoms with van der Waals surface area (Å²) in [5.41, 5.74) is 1.41. The highest BCUT2D eigenvalue weighted by Gasteiger charge is 1.95. The van der Waals surface area contributed by atoms with Crippen LogP contribution in [-0.4, -0.2) is 6.10 Å². The van der Waals surface area contributed by atoms with Crippen LogP contribution in [0.4, 0.5) is 0 Å². The molecule has 1 atom stereocenters. The van der Waals surface area contributed by atoms with E-state index in [4.69, 9.17) is 4.74 Å².